The van der Waals surface area contributed by atoms with E-state index in [0.29, 0.717) is 17.9 Å². The average Bonchev–Trinajstić information content (AvgIpc) is 2.29. The minimum absolute atomic E-state index is 0.500. The number of rotatable bonds is 2. The van der Waals surface area contributed by atoms with Crippen molar-refractivity contribution in [1.82, 2.24) is 4.72 Å². The third-order valence-corrected chi connectivity index (χ3v) is 4.27. The van der Waals surface area contributed by atoms with Gasteiger partial charge in [0, 0.05) is 19.3 Å². The standard InChI is InChI=1S/C10H15N3O2S/c1-12-16(14,15)13-7-3-4-8-9(11)5-2-6-10(8)13/h2,5-6,12H,3-4,7,11H2,1H3. The van der Waals surface area contributed by atoms with Gasteiger partial charge >= 0.3 is 10.2 Å². The molecule has 0 spiro atoms. The highest BCUT2D eigenvalue weighted by atomic mass is 32.2. The summed E-state index contributed by atoms with van der Waals surface area (Å²) in [5.74, 6) is 0. The summed E-state index contributed by atoms with van der Waals surface area (Å²) in [5, 5.41) is 0. The summed E-state index contributed by atoms with van der Waals surface area (Å²) in [6.07, 6.45) is 1.62. The fourth-order valence-electron chi connectivity index (χ4n) is 1.98. The van der Waals surface area contributed by atoms with Crippen LogP contribution in [-0.2, 0) is 16.6 Å². The van der Waals surface area contributed by atoms with Crippen LogP contribution >= 0.6 is 0 Å². The van der Waals surface area contributed by atoms with Crippen LogP contribution in [0.1, 0.15) is 12.0 Å². The van der Waals surface area contributed by atoms with E-state index in [1.807, 2.05) is 0 Å². The number of benzene rings is 1. The van der Waals surface area contributed by atoms with Gasteiger partial charge in [0.05, 0.1) is 5.69 Å². The molecule has 1 aliphatic heterocycles. The van der Waals surface area contributed by atoms with E-state index in [1.165, 1.54) is 11.4 Å². The van der Waals surface area contributed by atoms with Crippen molar-refractivity contribution in [1.29, 1.82) is 0 Å². The zero-order valence-corrected chi connectivity index (χ0v) is 9.92. The summed E-state index contributed by atoms with van der Waals surface area (Å²) in [6.45, 7) is 0.500. The second kappa shape index (κ2) is 3.95. The SMILES string of the molecule is CNS(=O)(=O)N1CCCc2c(N)cccc21. The Balaban J connectivity index is 2.53. The number of anilines is 2. The molecule has 0 atom stereocenters. The van der Waals surface area contributed by atoms with Gasteiger partial charge in [-0.25, -0.2) is 4.72 Å². The Kier molecular flexibility index (Phi) is 2.77. The average molecular weight is 241 g/mol. The van der Waals surface area contributed by atoms with E-state index in [9.17, 15) is 8.42 Å². The van der Waals surface area contributed by atoms with Crippen LogP contribution < -0.4 is 14.8 Å². The molecule has 0 aliphatic carbocycles. The summed E-state index contributed by atoms with van der Waals surface area (Å²) in [6, 6.07) is 5.37. The Morgan fingerprint density at radius 3 is 2.88 bits per heavy atom. The molecule has 0 aromatic heterocycles. The Morgan fingerprint density at radius 2 is 2.19 bits per heavy atom. The number of hydrogen-bond acceptors (Lipinski definition) is 3. The van der Waals surface area contributed by atoms with E-state index in [0.717, 1.165) is 18.4 Å². The lowest BCUT2D eigenvalue weighted by atomic mass is 10.0. The van der Waals surface area contributed by atoms with E-state index < -0.39 is 10.2 Å². The van der Waals surface area contributed by atoms with Crippen molar-refractivity contribution in [2.45, 2.75) is 12.8 Å². The van der Waals surface area contributed by atoms with Gasteiger partial charge in [-0.15, -0.1) is 0 Å². The quantitative estimate of drug-likeness (QED) is 0.740. The van der Waals surface area contributed by atoms with E-state index in [1.54, 1.807) is 18.2 Å². The minimum Gasteiger partial charge on any atom is -0.398 e. The number of hydrogen-bond donors (Lipinski definition) is 2. The molecule has 1 heterocycles. The molecule has 0 bridgehead atoms. The van der Waals surface area contributed by atoms with Crippen molar-refractivity contribution in [2.75, 3.05) is 23.6 Å². The third-order valence-electron chi connectivity index (χ3n) is 2.79. The molecule has 0 saturated carbocycles. The van der Waals surface area contributed by atoms with Gasteiger partial charge in [-0.05, 0) is 30.5 Å². The van der Waals surface area contributed by atoms with Gasteiger partial charge in [-0.2, -0.15) is 8.42 Å². The van der Waals surface area contributed by atoms with Gasteiger partial charge in [-0.3, -0.25) is 4.31 Å². The second-order valence-corrected chi connectivity index (χ2v) is 5.53. The molecule has 5 nitrogen and oxygen atoms in total. The maximum atomic E-state index is 11.8. The van der Waals surface area contributed by atoms with Gasteiger partial charge in [0.25, 0.3) is 0 Å². The Morgan fingerprint density at radius 1 is 1.44 bits per heavy atom. The fraction of sp³-hybridized carbons (Fsp3) is 0.400. The molecule has 16 heavy (non-hydrogen) atoms. The maximum absolute atomic E-state index is 11.8. The minimum atomic E-state index is -3.42. The van der Waals surface area contributed by atoms with Crippen molar-refractivity contribution in [3.05, 3.63) is 23.8 Å². The summed E-state index contributed by atoms with van der Waals surface area (Å²) >= 11 is 0. The van der Waals surface area contributed by atoms with Crippen LogP contribution in [0.4, 0.5) is 11.4 Å². The predicted molar refractivity (Wildman–Crippen MR) is 64.5 cm³/mol. The summed E-state index contributed by atoms with van der Waals surface area (Å²) in [5.41, 5.74) is 8.13. The van der Waals surface area contributed by atoms with Crippen LogP contribution in [-0.4, -0.2) is 22.0 Å². The summed E-state index contributed by atoms with van der Waals surface area (Å²) in [4.78, 5) is 0. The van der Waals surface area contributed by atoms with Crippen molar-refractivity contribution < 1.29 is 8.42 Å². The van der Waals surface area contributed by atoms with Crippen molar-refractivity contribution in [3.8, 4) is 0 Å². The first-order valence-electron chi connectivity index (χ1n) is 5.15. The molecule has 0 radical (unpaired) electrons. The summed E-state index contributed by atoms with van der Waals surface area (Å²) < 4.78 is 27.3. The van der Waals surface area contributed by atoms with Crippen LogP contribution in [0.3, 0.4) is 0 Å². The smallest absolute Gasteiger partial charge is 0.301 e. The first kappa shape index (κ1) is 11.2. The Hall–Kier alpha value is -1.27. The van der Waals surface area contributed by atoms with Gasteiger partial charge in [0.2, 0.25) is 0 Å². The zero-order valence-electron chi connectivity index (χ0n) is 9.10. The van der Waals surface area contributed by atoms with E-state index in [4.69, 9.17) is 5.73 Å². The first-order chi connectivity index (χ1) is 7.56. The van der Waals surface area contributed by atoms with Crippen molar-refractivity contribution in [3.63, 3.8) is 0 Å². The van der Waals surface area contributed by atoms with Crippen LogP contribution in [0.25, 0.3) is 0 Å². The molecule has 1 aromatic carbocycles. The van der Waals surface area contributed by atoms with Crippen molar-refractivity contribution in [2.24, 2.45) is 0 Å². The van der Waals surface area contributed by atoms with Crippen LogP contribution in [0.15, 0.2) is 18.2 Å². The van der Waals surface area contributed by atoms with Gasteiger partial charge in [0.1, 0.15) is 0 Å². The van der Waals surface area contributed by atoms with E-state index in [-0.39, 0.29) is 0 Å². The largest absolute Gasteiger partial charge is 0.398 e. The molecule has 0 fully saturated rings. The Bertz CT molecular complexity index is 499. The molecule has 0 saturated heterocycles. The molecular formula is C10H15N3O2S. The normalized spacial score (nSPS) is 15.9. The van der Waals surface area contributed by atoms with Gasteiger partial charge in [-0.1, -0.05) is 6.07 Å². The topological polar surface area (TPSA) is 75.4 Å². The molecule has 1 aliphatic rings. The van der Waals surface area contributed by atoms with Gasteiger partial charge < -0.3 is 5.73 Å². The number of nitrogens with one attached hydrogen (secondary N) is 1. The molecule has 88 valence electrons. The number of nitrogens with zero attached hydrogens (tertiary/aromatic N) is 1. The van der Waals surface area contributed by atoms with Gasteiger partial charge in [0.15, 0.2) is 0 Å². The Labute approximate surface area is 95.4 Å². The zero-order chi connectivity index (χ0) is 11.8. The highest BCUT2D eigenvalue weighted by Gasteiger charge is 2.26. The molecule has 6 heteroatoms. The molecule has 2 rings (SSSR count). The molecular weight excluding hydrogens is 226 g/mol. The lowest BCUT2D eigenvalue weighted by Crippen LogP contribution is -2.42. The van der Waals surface area contributed by atoms with Crippen molar-refractivity contribution >= 4 is 21.6 Å². The molecule has 0 amide bonds. The lowest BCUT2D eigenvalue weighted by molar-refractivity contribution is 0.578. The number of nitrogens with two attached hydrogens (primary N) is 1. The monoisotopic (exact) mass is 241 g/mol. The highest BCUT2D eigenvalue weighted by molar-refractivity contribution is 7.90. The van der Waals surface area contributed by atoms with Crippen LogP contribution in [0.5, 0.6) is 0 Å². The van der Waals surface area contributed by atoms with E-state index >= 15 is 0 Å². The van der Waals surface area contributed by atoms with E-state index in [2.05, 4.69) is 4.72 Å². The van der Waals surface area contributed by atoms with Crippen LogP contribution in [0, 0.1) is 0 Å². The van der Waals surface area contributed by atoms with Crippen LogP contribution in [0.2, 0.25) is 0 Å². The third kappa shape index (κ3) is 1.74. The molecule has 0 unspecified atom stereocenters. The lowest BCUT2D eigenvalue weighted by Gasteiger charge is -2.30. The number of nitrogen functional groups attached to an aromatic ring is 1. The highest BCUT2D eigenvalue weighted by Crippen LogP contribution is 2.32. The molecule has 1 aromatic rings. The number of fused-ring (bicyclic) bond motifs is 1. The fourth-order valence-corrected chi connectivity index (χ4v) is 3.00. The summed E-state index contributed by atoms with van der Waals surface area (Å²) in [7, 11) is -2.01. The predicted octanol–water partition coefficient (Wildman–Crippen LogP) is 0.486. The maximum Gasteiger partial charge on any atom is 0.301 e. The first-order valence-corrected chi connectivity index (χ1v) is 6.59. The second-order valence-electron chi connectivity index (χ2n) is 3.73. The molecule has 3 N–H and O–H groups in total.